The second-order valence-electron chi connectivity index (χ2n) is 8.53. The molecule has 0 unspecified atom stereocenters. The van der Waals surface area contributed by atoms with Crippen LogP contribution in [-0.2, 0) is 4.74 Å². The normalized spacial score (nSPS) is 17.3. The van der Waals surface area contributed by atoms with Gasteiger partial charge in [0.15, 0.2) is 5.11 Å². The molecular weight excluding hydrogens is 456 g/mol. The smallest absolute Gasteiger partial charge is 0.337 e. The molecule has 2 atom stereocenters. The summed E-state index contributed by atoms with van der Waals surface area (Å²) in [7, 11) is 1.39. The predicted molar refractivity (Wildman–Crippen MR) is 141 cm³/mol. The van der Waals surface area contributed by atoms with Gasteiger partial charge >= 0.3 is 5.97 Å². The third-order valence-corrected chi connectivity index (χ3v) is 6.78. The summed E-state index contributed by atoms with van der Waals surface area (Å²) in [5.74, 6) is -0.347. The van der Waals surface area contributed by atoms with Gasteiger partial charge in [-0.05, 0) is 86.2 Å². The lowest BCUT2D eigenvalue weighted by Crippen LogP contribution is -2.29. The molecule has 1 saturated heterocycles. The van der Waals surface area contributed by atoms with Crippen molar-refractivity contribution >= 4 is 29.0 Å². The monoisotopic (exact) mass is 482 g/mol. The Labute approximate surface area is 210 Å². The van der Waals surface area contributed by atoms with Crippen molar-refractivity contribution in [2.75, 3.05) is 12.0 Å². The van der Waals surface area contributed by atoms with Gasteiger partial charge in [-0.3, -0.25) is 4.98 Å². The molecule has 1 N–H and O–H groups in total. The van der Waals surface area contributed by atoms with Gasteiger partial charge in [-0.25, -0.2) is 4.79 Å². The van der Waals surface area contributed by atoms with Gasteiger partial charge in [0.2, 0.25) is 0 Å². The summed E-state index contributed by atoms with van der Waals surface area (Å²) in [6.45, 7) is 4.21. The molecule has 0 radical (unpaired) electrons. The van der Waals surface area contributed by atoms with Crippen molar-refractivity contribution in [2.24, 2.45) is 0 Å². The number of carbonyl (C=O) groups is 1. The molecule has 0 amide bonds. The van der Waals surface area contributed by atoms with Gasteiger partial charge in [0, 0.05) is 29.0 Å². The first-order valence-electron chi connectivity index (χ1n) is 11.4. The van der Waals surface area contributed by atoms with Crippen LogP contribution in [0.4, 0.5) is 5.69 Å². The van der Waals surface area contributed by atoms with Crippen molar-refractivity contribution in [2.45, 2.75) is 25.9 Å². The minimum absolute atomic E-state index is 0.0888. The molecular formula is C28H26N4O2S. The number of esters is 1. The van der Waals surface area contributed by atoms with Crippen molar-refractivity contribution in [3.63, 3.8) is 0 Å². The number of aryl methyl sites for hydroxylation is 1. The molecule has 1 fully saturated rings. The number of nitrogens with one attached hydrogen (secondary N) is 1. The number of hydrogen-bond donors (Lipinski definition) is 1. The summed E-state index contributed by atoms with van der Waals surface area (Å²) in [5.41, 5.74) is 6.82. The molecule has 1 aliphatic heterocycles. The van der Waals surface area contributed by atoms with E-state index in [-0.39, 0.29) is 18.1 Å². The van der Waals surface area contributed by atoms with Crippen LogP contribution in [0.25, 0.3) is 5.69 Å². The fourth-order valence-electron chi connectivity index (χ4n) is 4.89. The molecule has 6 nitrogen and oxygen atoms in total. The van der Waals surface area contributed by atoms with Crippen molar-refractivity contribution in [3.05, 3.63) is 113 Å². The van der Waals surface area contributed by atoms with Crippen LogP contribution >= 0.6 is 12.2 Å². The van der Waals surface area contributed by atoms with E-state index >= 15 is 0 Å². The highest BCUT2D eigenvalue weighted by molar-refractivity contribution is 7.80. The van der Waals surface area contributed by atoms with E-state index in [4.69, 9.17) is 17.0 Å². The number of hydrogen-bond acceptors (Lipinski definition) is 4. The molecule has 7 heteroatoms. The van der Waals surface area contributed by atoms with Crippen LogP contribution in [0.3, 0.4) is 0 Å². The Hall–Kier alpha value is -3.97. The van der Waals surface area contributed by atoms with Gasteiger partial charge in [0.25, 0.3) is 0 Å². The minimum atomic E-state index is -0.347. The number of thiocarbonyl (C=S) groups is 1. The quantitative estimate of drug-likeness (QED) is 0.301. The number of benzene rings is 2. The molecule has 5 rings (SSSR count). The molecule has 2 aromatic carbocycles. The summed E-state index contributed by atoms with van der Waals surface area (Å²) in [6.07, 6.45) is 1.81. The van der Waals surface area contributed by atoms with E-state index in [2.05, 4.69) is 51.8 Å². The zero-order valence-corrected chi connectivity index (χ0v) is 20.6. The predicted octanol–water partition coefficient (Wildman–Crippen LogP) is 5.45. The van der Waals surface area contributed by atoms with Crippen molar-refractivity contribution in [1.29, 1.82) is 0 Å². The summed E-state index contributed by atoms with van der Waals surface area (Å²) in [5, 5.41) is 4.19. The number of nitrogens with zero attached hydrogens (tertiary/aromatic N) is 3. The maximum atomic E-state index is 11.9. The van der Waals surface area contributed by atoms with Crippen molar-refractivity contribution < 1.29 is 9.53 Å². The maximum Gasteiger partial charge on any atom is 0.337 e. The molecule has 176 valence electrons. The average Bonchev–Trinajstić information content (AvgIpc) is 3.39. The van der Waals surface area contributed by atoms with Gasteiger partial charge in [-0.15, -0.1) is 0 Å². The lowest BCUT2D eigenvalue weighted by molar-refractivity contribution is 0.0600. The number of pyridine rings is 1. The summed E-state index contributed by atoms with van der Waals surface area (Å²) in [4.78, 5) is 18.7. The van der Waals surface area contributed by atoms with Crippen molar-refractivity contribution in [3.8, 4) is 5.69 Å². The molecule has 2 aromatic heterocycles. The molecule has 1 aliphatic rings. The van der Waals surface area contributed by atoms with Crippen LogP contribution in [0, 0.1) is 13.8 Å². The molecule has 35 heavy (non-hydrogen) atoms. The summed E-state index contributed by atoms with van der Waals surface area (Å²) >= 11 is 5.84. The Bertz CT molecular complexity index is 1370. The Morgan fingerprint density at radius 2 is 1.69 bits per heavy atom. The van der Waals surface area contributed by atoms with Crippen LogP contribution in [0.2, 0.25) is 0 Å². The number of anilines is 1. The highest BCUT2D eigenvalue weighted by atomic mass is 32.1. The van der Waals surface area contributed by atoms with Crippen LogP contribution in [0.5, 0.6) is 0 Å². The largest absolute Gasteiger partial charge is 0.465 e. The first-order chi connectivity index (χ1) is 17.0. The van der Waals surface area contributed by atoms with Gasteiger partial charge in [-0.2, -0.15) is 0 Å². The van der Waals surface area contributed by atoms with Gasteiger partial charge in [0.1, 0.15) is 0 Å². The van der Waals surface area contributed by atoms with E-state index in [1.165, 1.54) is 7.11 Å². The van der Waals surface area contributed by atoms with E-state index in [1.807, 2.05) is 54.7 Å². The van der Waals surface area contributed by atoms with Gasteiger partial charge < -0.3 is 19.5 Å². The molecule has 3 heterocycles. The van der Waals surface area contributed by atoms with E-state index in [0.29, 0.717) is 10.7 Å². The SMILES string of the molecule is COC(=O)c1ccc(-n2c(C)cc([C@@H]3[C@@H](c4ccccn4)NC(=S)N3c3ccccc3)c2C)cc1. The van der Waals surface area contributed by atoms with Crippen LogP contribution in [-0.4, -0.2) is 27.7 Å². The lowest BCUT2D eigenvalue weighted by Gasteiger charge is -2.28. The highest BCUT2D eigenvalue weighted by Gasteiger charge is 2.42. The zero-order valence-electron chi connectivity index (χ0n) is 19.8. The number of para-hydroxylation sites is 1. The fraction of sp³-hybridized carbons (Fsp3) is 0.179. The molecule has 0 spiro atoms. The van der Waals surface area contributed by atoms with E-state index in [9.17, 15) is 4.79 Å². The number of carbonyl (C=O) groups excluding carboxylic acids is 1. The first-order valence-corrected chi connectivity index (χ1v) is 11.8. The van der Waals surface area contributed by atoms with E-state index < -0.39 is 0 Å². The number of rotatable bonds is 5. The number of methoxy groups -OCH3 is 1. The number of ether oxygens (including phenoxy) is 1. The third-order valence-electron chi connectivity index (χ3n) is 6.47. The number of aromatic nitrogens is 2. The standard InChI is InChI=1S/C28H26N4O2S/c1-18-17-23(19(2)31(18)22-14-12-20(13-15-22)27(33)34-3)26-25(24-11-7-8-16-29-24)30-28(35)32(26)21-9-5-4-6-10-21/h4-17,25-26H,1-3H3,(H,30,35)/t25-,26-/m1/s1. The second kappa shape index (κ2) is 9.35. The minimum Gasteiger partial charge on any atom is -0.465 e. The molecule has 0 aliphatic carbocycles. The average molecular weight is 483 g/mol. The Balaban J connectivity index is 1.62. The zero-order chi connectivity index (χ0) is 24.5. The topological polar surface area (TPSA) is 59.4 Å². The van der Waals surface area contributed by atoms with Crippen LogP contribution < -0.4 is 10.2 Å². The molecule has 0 saturated carbocycles. The van der Waals surface area contributed by atoms with Gasteiger partial charge in [0.05, 0.1) is 30.5 Å². The van der Waals surface area contributed by atoms with Crippen LogP contribution in [0.1, 0.15) is 45.1 Å². The Morgan fingerprint density at radius 1 is 0.971 bits per heavy atom. The fourth-order valence-corrected chi connectivity index (χ4v) is 5.23. The van der Waals surface area contributed by atoms with Crippen LogP contribution in [0.15, 0.2) is 85.1 Å². The second-order valence-corrected chi connectivity index (χ2v) is 8.92. The molecule has 4 aromatic rings. The summed E-state index contributed by atoms with van der Waals surface area (Å²) < 4.78 is 7.05. The Morgan fingerprint density at radius 3 is 2.34 bits per heavy atom. The summed E-state index contributed by atoms with van der Waals surface area (Å²) in [6, 6.07) is 25.6. The van der Waals surface area contributed by atoms with Crippen molar-refractivity contribution in [1.82, 2.24) is 14.9 Å². The molecule has 0 bridgehead atoms. The third kappa shape index (κ3) is 4.08. The Kier molecular flexibility index (Phi) is 6.09. The highest BCUT2D eigenvalue weighted by Crippen LogP contribution is 2.43. The first kappa shape index (κ1) is 22.8. The maximum absolute atomic E-state index is 11.9. The lowest BCUT2D eigenvalue weighted by atomic mass is 9.96. The van der Waals surface area contributed by atoms with E-state index in [1.54, 1.807) is 12.1 Å². The van der Waals surface area contributed by atoms with E-state index in [0.717, 1.165) is 34.0 Å². The van der Waals surface area contributed by atoms with Gasteiger partial charge in [-0.1, -0.05) is 24.3 Å².